The van der Waals surface area contributed by atoms with Crippen molar-refractivity contribution in [2.75, 3.05) is 39.3 Å². The average Bonchev–Trinajstić information content (AvgIpc) is 3.18. The monoisotopic (exact) mass is 369 g/mol. The van der Waals surface area contributed by atoms with E-state index in [-0.39, 0.29) is 5.92 Å². The summed E-state index contributed by atoms with van der Waals surface area (Å²) in [6.07, 6.45) is 2.10. The highest BCUT2D eigenvalue weighted by atomic mass is 16.5. The number of nitrogens with one attached hydrogen (secondary N) is 1. The van der Waals surface area contributed by atoms with Gasteiger partial charge in [0, 0.05) is 38.3 Å². The Labute approximate surface area is 159 Å². The molecule has 0 bridgehead atoms. The van der Waals surface area contributed by atoms with Crippen LogP contribution in [0.5, 0.6) is 0 Å². The third-order valence-electron chi connectivity index (χ3n) is 5.47. The molecule has 1 aromatic heterocycles. The van der Waals surface area contributed by atoms with Crippen LogP contribution >= 0.6 is 0 Å². The molecule has 0 spiro atoms. The van der Waals surface area contributed by atoms with Crippen LogP contribution in [0.25, 0.3) is 11.4 Å². The average molecular weight is 369 g/mol. The van der Waals surface area contributed by atoms with Crippen LogP contribution < -0.4 is 5.32 Å². The molecule has 144 valence electrons. The first-order chi connectivity index (χ1) is 13.2. The van der Waals surface area contributed by atoms with E-state index in [0.717, 1.165) is 57.7 Å². The van der Waals surface area contributed by atoms with Gasteiger partial charge in [0.2, 0.25) is 17.6 Å². The third kappa shape index (κ3) is 4.36. The van der Waals surface area contributed by atoms with Gasteiger partial charge in [-0.1, -0.05) is 35.0 Å². The Morgan fingerprint density at radius 2 is 2.00 bits per heavy atom. The molecular formula is C20H27N5O2. The fourth-order valence-corrected chi connectivity index (χ4v) is 3.78. The molecule has 1 aromatic carbocycles. The number of hydrogen-bond donors (Lipinski definition) is 1. The van der Waals surface area contributed by atoms with Crippen LogP contribution in [0.3, 0.4) is 0 Å². The number of nitrogens with zero attached hydrogens (tertiary/aromatic N) is 4. The SMILES string of the molecule is Cc1ccc(-c2noc(CN3CCN(C(=O)C4CCCNC4)CC3)n2)cc1. The number of carbonyl (C=O) groups is 1. The second-order valence-electron chi connectivity index (χ2n) is 7.52. The number of piperidine rings is 1. The van der Waals surface area contributed by atoms with E-state index in [1.807, 2.05) is 29.2 Å². The van der Waals surface area contributed by atoms with Gasteiger partial charge in [-0.15, -0.1) is 0 Å². The van der Waals surface area contributed by atoms with Crippen LogP contribution in [0.4, 0.5) is 0 Å². The summed E-state index contributed by atoms with van der Waals surface area (Å²) in [5.41, 5.74) is 2.17. The van der Waals surface area contributed by atoms with Crippen molar-refractivity contribution in [3.05, 3.63) is 35.7 Å². The van der Waals surface area contributed by atoms with E-state index in [9.17, 15) is 4.79 Å². The summed E-state index contributed by atoms with van der Waals surface area (Å²) >= 11 is 0. The summed E-state index contributed by atoms with van der Waals surface area (Å²) in [7, 11) is 0. The third-order valence-corrected chi connectivity index (χ3v) is 5.47. The lowest BCUT2D eigenvalue weighted by molar-refractivity contribution is -0.138. The number of amides is 1. The van der Waals surface area contributed by atoms with E-state index >= 15 is 0 Å². The fraction of sp³-hybridized carbons (Fsp3) is 0.550. The van der Waals surface area contributed by atoms with E-state index < -0.39 is 0 Å². The Morgan fingerprint density at radius 3 is 2.70 bits per heavy atom. The van der Waals surface area contributed by atoms with Gasteiger partial charge in [-0.3, -0.25) is 9.69 Å². The van der Waals surface area contributed by atoms with Crippen LogP contribution in [-0.2, 0) is 11.3 Å². The van der Waals surface area contributed by atoms with Crippen LogP contribution in [0.1, 0.15) is 24.3 Å². The summed E-state index contributed by atoms with van der Waals surface area (Å²) in [4.78, 5) is 21.4. The lowest BCUT2D eigenvalue weighted by Crippen LogP contribution is -2.51. The van der Waals surface area contributed by atoms with Gasteiger partial charge in [-0.25, -0.2) is 0 Å². The van der Waals surface area contributed by atoms with Crippen LogP contribution in [0.2, 0.25) is 0 Å². The zero-order valence-corrected chi connectivity index (χ0v) is 15.9. The molecule has 2 fully saturated rings. The smallest absolute Gasteiger partial charge is 0.241 e. The Hall–Kier alpha value is -2.25. The molecule has 2 aromatic rings. The van der Waals surface area contributed by atoms with Crippen molar-refractivity contribution in [2.24, 2.45) is 5.92 Å². The Morgan fingerprint density at radius 1 is 1.22 bits per heavy atom. The molecule has 7 nitrogen and oxygen atoms in total. The molecule has 27 heavy (non-hydrogen) atoms. The maximum Gasteiger partial charge on any atom is 0.241 e. The van der Waals surface area contributed by atoms with E-state index in [2.05, 4.69) is 27.3 Å². The summed E-state index contributed by atoms with van der Waals surface area (Å²) in [6, 6.07) is 8.11. The number of aryl methyl sites for hydroxylation is 1. The quantitative estimate of drug-likeness (QED) is 0.884. The number of piperazine rings is 1. The molecule has 2 aliphatic rings. The maximum absolute atomic E-state index is 12.6. The number of aromatic nitrogens is 2. The summed E-state index contributed by atoms with van der Waals surface area (Å²) in [6.45, 7) is 7.77. The first-order valence-corrected chi connectivity index (χ1v) is 9.80. The van der Waals surface area contributed by atoms with Gasteiger partial charge in [-0.05, 0) is 26.3 Å². The van der Waals surface area contributed by atoms with Crippen molar-refractivity contribution in [3.63, 3.8) is 0 Å². The lowest BCUT2D eigenvalue weighted by atomic mass is 9.98. The minimum Gasteiger partial charge on any atom is -0.340 e. The van der Waals surface area contributed by atoms with E-state index in [4.69, 9.17) is 4.52 Å². The van der Waals surface area contributed by atoms with Gasteiger partial charge in [0.05, 0.1) is 12.5 Å². The van der Waals surface area contributed by atoms with Crippen molar-refractivity contribution in [1.82, 2.24) is 25.3 Å². The van der Waals surface area contributed by atoms with Crippen molar-refractivity contribution in [2.45, 2.75) is 26.3 Å². The van der Waals surface area contributed by atoms with Gasteiger partial charge >= 0.3 is 0 Å². The van der Waals surface area contributed by atoms with Gasteiger partial charge < -0.3 is 14.7 Å². The van der Waals surface area contributed by atoms with E-state index in [0.29, 0.717) is 24.2 Å². The van der Waals surface area contributed by atoms with Crippen LogP contribution in [-0.4, -0.2) is 65.1 Å². The number of rotatable bonds is 4. The van der Waals surface area contributed by atoms with Crippen molar-refractivity contribution in [3.8, 4) is 11.4 Å². The Bertz CT molecular complexity index is 759. The summed E-state index contributed by atoms with van der Waals surface area (Å²) in [5, 5.41) is 7.43. The standard InChI is InChI=1S/C20H27N5O2/c1-15-4-6-16(7-5-15)19-22-18(27-23-19)14-24-9-11-25(12-10-24)20(26)17-3-2-8-21-13-17/h4-7,17,21H,2-3,8-14H2,1H3. The van der Waals surface area contributed by atoms with Crippen molar-refractivity contribution < 1.29 is 9.32 Å². The molecule has 1 amide bonds. The normalized spacial score (nSPS) is 21.4. The number of hydrogen-bond acceptors (Lipinski definition) is 6. The largest absolute Gasteiger partial charge is 0.340 e. The fourth-order valence-electron chi connectivity index (χ4n) is 3.78. The zero-order chi connectivity index (χ0) is 18.6. The first kappa shape index (κ1) is 18.1. The summed E-state index contributed by atoms with van der Waals surface area (Å²) in [5.74, 6) is 1.71. The predicted octanol–water partition coefficient (Wildman–Crippen LogP) is 1.69. The highest BCUT2D eigenvalue weighted by Crippen LogP contribution is 2.18. The molecule has 4 rings (SSSR count). The predicted molar refractivity (Wildman–Crippen MR) is 102 cm³/mol. The molecule has 0 radical (unpaired) electrons. The lowest BCUT2D eigenvalue weighted by Gasteiger charge is -2.36. The zero-order valence-electron chi connectivity index (χ0n) is 15.9. The maximum atomic E-state index is 12.6. The van der Waals surface area contributed by atoms with Crippen molar-refractivity contribution in [1.29, 1.82) is 0 Å². The highest BCUT2D eigenvalue weighted by molar-refractivity contribution is 5.79. The van der Waals surface area contributed by atoms with Gasteiger partial charge in [-0.2, -0.15) is 4.98 Å². The van der Waals surface area contributed by atoms with Crippen molar-refractivity contribution >= 4 is 5.91 Å². The molecule has 1 unspecified atom stereocenters. The van der Waals surface area contributed by atoms with Crippen LogP contribution in [0.15, 0.2) is 28.8 Å². The van der Waals surface area contributed by atoms with E-state index in [1.165, 1.54) is 5.56 Å². The minimum absolute atomic E-state index is 0.151. The number of carbonyl (C=O) groups excluding carboxylic acids is 1. The van der Waals surface area contributed by atoms with Gasteiger partial charge in [0.1, 0.15) is 0 Å². The molecule has 2 saturated heterocycles. The first-order valence-electron chi connectivity index (χ1n) is 9.80. The molecular weight excluding hydrogens is 342 g/mol. The Balaban J connectivity index is 1.29. The molecule has 3 heterocycles. The number of benzene rings is 1. The molecule has 1 N–H and O–H groups in total. The van der Waals surface area contributed by atoms with E-state index in [1.54, 1.807) is 0 Å². The van der Waals surface area contributed by atoms with Crippen LogP contribution in [0, 0.1) is 12.8 Å². The highest BCUT2D eigenvalue weighted by Gasteiger charge is 2.28. The molecule has 7 heteroatoms. The van der Waals surface area contributed by atoms with Gasteiger partial charge in [0.15, 0.2) is 0 Å². The summed E-state index contributed by atoms with van der Waals surface area (Å²) < 4.78 is 5.43. The van der Waals surface area contributed by atoms with Gasteiger partial charge in [0.25, 0.3) is 0 Å². The topological polar surface area (TPSA) is 74.5 Å². The molecule has 0 saturated carbocycles. The molecule has 2 aliphatic heterocycles. The second-order valence-corrected chi connectivity index (χ2v) is 7.52. The molecule has 1 atom stereocenters. The Kier molecular flexibility index (Phi) is 5.50. The minimum atomic E-state index is 0.151. The molecule has 0 aliphatic carbocycles. The second kappa shape index (κ2) is 8.19.